The Morgan fingerprint density at radius 3 is 2.85 bits per heavy atom. The average molecular weight is 290 g/mol. The van der Waals surface area contributed by atoms with E-state index in [1.807, 2.05) is 37.3 Å². The van der Waals surface area contributed by atoms with Gasteiger partial charge in [0.25, 0.3) is 0 Å². The predicted octanol–water partition coefficient (Wildman–Crippen LogP) is 3.08. The third kappa shape index (κ3) is 4.89. The number of anilines is 2. The number of amides is 2. The lowest BCUT2D eigenvalue weighted by atomic mass is 10.4. The first-order chi connectivity index (χ1) is 9.74. The summed E-state index contributed by atoms with van der Waals surface area (Å²) in [6.45, 7) is 3.41. The molecule has 2 aromatic rings. The molecule has 2 aromatic heterocycles. The average Bonchev–Trinajstić information content (AvgIpc) is 2.85. The Kier molecular flexibility index (Phi) is 5.37. The summed E-state index contributed by atoms with van der Waals surface area (Å²) in [5, 5.41) is 9.69. The van der Waals surface area contributed by atoms with Gasteiger partial charge in [0.15, 0.2) is 0 Å². The maximum absolute atomic E-state index is 11.6. The van der Waals surface area contributed by atoms with Gasteiger partial charge in [-0.25, -0.2) is 9.78 Å². The fourth-order valence-corrected chi connectivity index (χ4v) is 2.39. The quantitative estimate of drug-likeness (QED) is 0.716. The van der Waals surface area contributed by atoms with E-state index in [2.05, 4.69) is 20.9 Å². The van der Waals surface area contributed by atoms with Crippen LogP contribution in [0.5, 0.6) is 0 Å². The zero-order valence-corrected chi connectivity index (χ0v) is 12.2. The first-order valence-corrected chi connectivity index (χ1v) is 7.32. The molecule has 0 atom stereocenters. The lowest BCUT2D eigenvalue weighted by Gasteiger charge is -2.07. The van der Waals surface area contributed by atoms with E-state index in [0.29, 0.717) is 6.54 Å². The van der Waals surface area contributed by atoms with Gasteiger partial charge in [0.05, 0.1) is 5.00 Å². The van der Waals surface area contributed by atoms with Crippen LogP contribution in [-0.4, -0.2) is 24.1 Å². The highest BCUT2D eigenvalue weighted by atomic mass is 32.1. The fourth-order valence-electron chi connectivity index (χ4n) is 1.63. The number of pyridine rings is 1. The maximum Gasteiger partial charge on any atom is 0.319 e. The van der Waals surface area contributed by atoms with Gasteiger partial charge in [-0.1, -0.05) is 6.07 Å². The fraction of sp³-hybridized carbons (Fsp3) is 0.286. The third-order valence-corrected chi connectivity index (χ3v) is 3.50. The molecule has 3 N–H and O–H groups in total. The molecule has 0 unspecified atom stereocenters. The number of nitrogens with one attached hydrogen (secondary N) is 3. The Labute approximate surface area is 122 Å². The van der Waals surface area contributed by atoms with Gasteiger partial charge in [-0.05, 0) is 37.6 Å². The highest BCUT2D eigenvalue weighted by Crippen LogP contribution is 2.20. The van der Waals surface area contributed by atoms with E-state index >= 15 is 0 Å². The van der Waals surface area contributed by atoms with Crippen molar-refractivity contribution in [2.24, 2.45) is 0 Å². The van der Waals surface area contributed by atoms with Crippen molar-refractivity contribution in [1.29, 1.82) is 0 Å². The van der Waals surface area contributed by atoms with Gasteiger partial charge < -0.3 is 10.6 Å². The van der Waals surface area contributed by atoms with E-state index in [4.69, 9.17) is 0 Å². The predicted molar refractivity (Wildman–Crippen MR) is 83.4 cm³/mol. The van der Waals surface area contributed by atoms with E-state index in [1.54, 1.807) is 17.5 Å². The Balaban J connectivity index is 1.58. The molecule has 0 spiro atoms. The Bertz CT molecular complexity index is 541. The van der Waals surface area contributed by atoms with Crippen molar-refractivity contribution < 1.29 is 4.79 Å². The summed E-state index contributed by atoms with van der Waals surface area (Å²) in [4.78, 5) is 16.9. The molecule has 2 heterocycles. The number of hydrogen-bond donors (Lipinski definition) is 3. The molecular weight excluding hydrogens is 272 g/mol. The number of aromatic nitrogens is 1. The van der Waals surface area contributed by atoms with E-state index < -0.39 is 0 Å². The van der Waals surface area contributed by atoms with Crippen LogP contribution >= 0.6 is 11.3 Å². The van der Waals surface area contributed by atoms with Crippen molar-refractivity contribution >= 4 is 28.2 Å². The number of hydrogen-bond acceptors (Lipinski definition) is 4. The van der Waals surface area contributed by atoms with Crippen LogP contribution in [-0.2, 0) is 0 Å². The summed E-state index contributed by atoms with van der Waals surface area (Å²) >= 11 is 1.56. The molecular formula is C14H18N4OS. The van der Waals surface area contributed by atoms with Crippen molar-refractivity contribution in [2.45, 2.75) is 13.3 Å². The second-order valence-corrected chi connectivity index (χ2v) is 5.57. The topological polar surface area (TPSA) is 66.1 Å². The molecule has 0 radical (unpaired) electrons. The van der Waals surface area contributed by atoms with Crippen molar-refractivity contribution in [1.82, 2.24) is 10.3 Å². The van der Waals surface area contributed by atoms with Crippen LogP contribution in [0.3, 0.4) is 0 Å². The summed E-state index contributed by atoms with van der Waals surface area (Å²) in [5.41, 5.74) is 0. The van der Waals surface area contributed by atoms with Crippen molar-refractivity contribution in [3.05, 3.63) is 41.4 Å². The van der Waals surface area contributed by atoms with Crippen LogP contribution < -0.4 is 16.0 Å². The highest BCUT2D eigenvalue weighted by Gasteiger charge is 2.02. The van der Waals surface area contributed by atoms with Crippen molar-refractivity contribution in [3.63, 3.8) is 0 Å². The Morgan fingerprint density at radius 2 is 2.15 bits per heavy atom. The molecule has 2 rings (SSSR count). The number of aryl methyl sites for hydroxylation is 1. The molecule has 2 amide bonds. The van der Waals surface area contributed by atoms with Crippen LogP contribution in [0.2, 0.25) is 0 Å². The Morgan fingerprint density at radius 1 is 1.25 bits per heavy atom. The molecule has 0 aromatic carbocycles. The molecule has 6 heteroatoms. The van der Waals surface area contributed by atoms with Crippen LogP contribution in [0.25, 0.3) is 0 Å². The van der Waals surface area contributed by atoms with Crippen molar-refractivity contribution in [3.8, 4) is 0 Å². The van der Waals surface area contributed by atoms with E-state index in [1.165, 1.54) is 4.88 Å². The second-order valence-electron chi connectivity index (χ2n) is 4.29. The van der Waals surface area contributed by atoms with Crippen LogP contribution in [0.1, 0.15) is 11.3 Å². The normalized spacial score (nSPS) is 10.1. The summed E-state index contributed by atoms with van der Waals surface area (Å²) in [7, 11) is 0. The van der Waals surface area contributed by atoms with Gasteiger partial charge in [0.2, 0.25) is 0 Å². The first kappa shape index (κ1) is 14.3. The maximum atomic E-state index is 11.6. The van der Waals surface area contributed by atoms with E-state index in [-0.39, 0.29) is 6.03 Å². The first-order valence-electron chi connectivity index (χ1n) is 6.50. The smallest absolute Gasteiger partial charge is 0.319 e. The molecule has 106 valence electrons. The van der Waals surface area contributed by atoms with Gasteiger partial charge >= 0.3 is 6.03 Å². The minimum Gasteiger partial charge on any atom is -0.370 e. The minimum absolute atomic E-state index is 0.162. The van der Waals surface area contributed by atoms with Gasteiger partial charge in [-0.2, -0.15) is 0 Å². The molecule has 0 saturated heterocycles. The van der Waals surface area contributed by atoms with E-state index in [0.717, 1.165) is 23.8 Å². The number of urea groups is 1. The summed E-state index contributed by atoms with van der Waals surface area (Å²) < 4.78 is 0. The standard InChI is InChI=1S/C14H18N4OS/c1-11-6-7-13(20-11)18-14(19)17-10-4-9-16-12-5-2-3-8-15-12/h2-3,5-8H,4,9-10H2,1H3,(H,15,16)(H2,17,18,19). The van der Waals surface area contributed by atoms with Crippen molar-refractivity contribution in [2.75, 3.05) is 23.7 Å². The second kappa shape index (κ2) is 7.49. The Hall–Kier alpha value is -2.08. The molecule has 0 saturated carbocycles. The lowest BCUT2D eigenvalue weighted by Crippen LogP contribution is -2.30. The van der Waals surface area contributed by atoms with Gasteiger partial charge in [-0.3, -0.25) is 5.32 Å². The monoisotopic (exact) mass is 290 g/mol. The molecule has 0 aliphatic carbocycles. The zero-order chi connectivity index (χ0) is 14.2. The molecule has 0 aliphatic rings. The van der Waals surface area contributed by atoms with Gasteiger partial charge in [-0.15, -0.1) is 11.3 Å². The number of carbonyl (C=O) groups excluding carboxylic acids is 1. The highest BCUT2D eigenvalue weighted by molar-refractivity contribution is 7.16. The zero-order valence-electron chi connectivity index (χ0n) is 11.3. The molecule has 0 bridgehead atoms. The largest absolute Gasteiger partial charge is 0.370 e. The summed E-state index contributed by atoms with van der Waals surface area (Å²) in [5.74, 6) is 0.853. The van der Waals surface area contributed by atoms with Crippen LogP contribution in [0.4, 0.5) is 15.6 Å². The summed E-state index contributed by atoms with van der Waals surface area (Å²) in [6.07, 6.45) is 2.59. The van der Waals surface area contributed by atoms with E-state index in [9.17, 15) is 4.79 Å². The SMILES string of the molecule is Cc1ccc(NC(=O)NCCCNc2ccccn2)s1. The van der Waals surface area contributed by atoms with Crippen LogP contribution in [0.15, 0.2) is 36.5 Å². The van der Waals surface area contributed by atoms with Gasteiger partial charge in [0, 0.05) is 24.2 Å². The molecule has 5 nitrogen and oxygen atoms in total. The molecule has 0 aliphatic heterocycles. The number of thiophene rings is 1. The molecule has 20 heavy (non-hydrogen) atoms. The lowest BCUT2D eigenvalue weighted by molar-refractivity contribution is 0.252. The molecule has 0 fully saturated rings. The summed E-state index contributed by atoms with van der Waals surface area (Å²) in [6, 6.07) is 9.45. The minimum atomic E-state index is -0.162. The number of rotatable bonds is 6. The third-order valence-electron chi connectivity index (χ3n) is 2.59. The van der Waals surface area contributed by atoms with Gasteiger partial charge in [0.1, 0.15) is 5.82 Å². The van der Waals surface area contributed by atoms with Crippen LogP contribution in [0, 0.1) is 6.92 Å². The number of nitrogens with zero attached hydrogens (tertiary/aromatic N) is 1. The number of carbonyl (C=O) groups is 1.